The van der Waals surface area contributed by atoms with Crippen LogP contribution < -0.4 is 10.6 Å². The van der Waals surface area contributed by atoms with Crippen LogP contribution >= 0.6 is 0 Å². The summed E-state index contributed by atoms with van der Waals surface area (Å²) in [6.45, 7) is 2.40. The largest absolute Gasteiger partial charge is 0.339 e. The van der Waals surface area contributed by atoms with Crippen LogP contribution in [0.3, 0.4) is 0 Å². The van der Waals surface area contributed by atoms with E-state index in [0.29, 0.717) is 23.0 Å². The number of nitrogens with zero attached hydrogens (tertiary/aromatic N) is 2. The van der Waals surface area contributed by atoms with Crippen molar-refractivity contribution < 1.29 is 9.18 Å². The van der Waals surface area contributed by atoms with Crippen LogP contribution in [-0.2, 0) is 0 Å². The summed E-state index contributed by atoms with van der Waals surface area (Å²) < 4.78 is 13.3. The molecule has 2 aromatic rings. The van der Waals surface area contributed by atoms with Crippen LogP contribution in [0.1, 0.15) is 16.8 Å². The maximum absolute atomic E-state index is 13.3. The molecule has 0 spiro atoms. The molecule has 0 aliphatic carbocycles. The summed E-state index contributed by atoms with van der Waals surface area (Å²) in [6, 6.07) is 9.60. The minimum Gasteiger partial charge on any atom is -0.339 e. The van der Waals surface area contributed by atoms with Gasteiger partial charge in [0.15, 0.2) is 0 Å². The maximum Gasteiger partial charge on any atom is 0.257 e. The predicted molar refractivity (Wildman–Crippen MR) is 91.9 cm³/mol. The number of aromatic nitrogens is 1. The Bertz CT molecular complexity index is 722. The molecule has 0 bridgehead atoms. The highest BCUT2D eigenvalue weighted by Crippen LogP contribution is 2.23. The maximum atomic E-state index is 13.3. The van der Waals surface area contributed by atoms with Crippen LogP contribution in [0.4, 0.5) is 15.9 Å². The lowest BCUT2D eigenvalue weighted by molar-refractivity contribution is 0.0788. The molecule has 2 heterocycles. The number of anilines is 2. The van der Waals surface area contributed by atoms with E-state index in [1.807, 2.05) is 11.9 Å². The van der Waals surface area contributed by atoms with Gasteiger partial charge in [-0.15, -0.1) is 0 Å². The summed E-state index contributed by atoms with van der Waals surface area (Å²) in [5.41, 5.74) is 1.07. The van der Waals surface area contributed by atoms with Gasteiger partial charge in [0.05, 0.1) is 5.56 Å². The quantitative estimate of drug-likeness (QED) is 0.886. The van der Waals surface area contributed by atoms with E-state index >= 15 is 0 Å². The van der Waals surface area contributed by atoms with Crippen LogP contribution in [0.15, 0.2) is 42.6 Å². The highest BCUT2D eigenvalue weighted by Gasteiger charge is 2.28. The molecule has 1 aliphatic rings. The molecule has 6 heteroatoms. The lowest BCUT2D eigenvalue weighted by atomic mass is 10.1. The molecule has 1 aliphatic heterocycles. The number of halogens is 1. The Kier molecular flexibility index (Phi) is 5.05. The summed E-state index contributed by atoms with van der Waals surface area (Å²) in [5.74, 6) is 0.555. The molecule has 0 radical (unpaired) electrons. The molecular formula is C18H21FN4O. The van der Waals surface area contributed by atoms with Crippen molar-refractivity contribution in [2.45, 2.75) is 6.42 Å². The molecule has 1 saturated heterocycles. The number of likely N-dealkylation sites (tertiary alicyclic amines) is 1. The number of amides is 1. The van der Waals surface area contributed by atoms with Crippen LogP contribution in [0, 0.1) is 11.7 Å². The minimum atomic E-state index is -0.335. The zero-order valence-electron chi connectivity index (χ0n) is 13.6. The first kappa shape index (κ1) is 16.4. The Labute approximate surface area is 140 Å². The Morgan fingerprint density at radius 1 is 1.38 bits per heavy atom. The monoisotopic (exact) mass is 328 g/mol. The average molecular weight is 328 g/mol. The minimum absolute atomic E-state index is 0.0411. The van der Waals surface area contributed by atoms with Gasteiger partial charge in [-0.3, -0.25) is 4.79 Å². The molecule has 5 nitrogen and oxygen atoms in total. The van der Waals surface area contributed by atoms with E-state index in [0.717, 1.165) is 26.1 Å². The van der Waals surface area contributed by atoms with Crippen molar-refractivity contribution in [3.8, 4) is 0 Å². The number of rotatable bonds is 5. The molecule has 1 fully saturated rings. The molecular weight excluding hydrogens is 307 g/mol. The van der Waals surface area contributed by atoms with E-state index in [1.165, 1.54) is 12.1 Å². The van der Waals surface area contributed by atoms with Crippen molar-refractivity contribution in [1.29, 1.82) is 0 Å². The number of carbonyl (C=O) groups is 1. The van der Waals surface area contributed by atoms with Gasteiger partial charge in [-0.1, -0.05) is 6.07 Å². The van der Waals surface area contributed by atoms with Crippen LogP contribution in [-0.4, -0.2) is 42.5 Å². The molecule has 24 heavy (non-hydrogen) atoms. The fourth-order valence-electron chi connectivity index (χ4n) is 3.02. The van der Waals surface area contributed by atoms with Gasteiger partial charge in [-0.05, 0) is 56.3 Å². The second-order valence-corrected chi connectivity index (χ2v) is 6.00. The number of pyridine rings is 1. The topological polar surface area (TPSA) is 57.3 Å². The Hall–Kier alpha value is -2.47. The third-order valence-electron chi connectivity index (χ3n) is 4.19. The van der Waals surface area contributed by atoms with E-state index in [-0.39, 0.29) is 11.7 Å². The molecule has 3 rings (SSSR count). The van der Waals surface area contributed by atoms with Crippen molar-refractivity contribution in [3.63, 3.8) is 0 Å². The Morgan fingerprint density at radius 2 is 2.25 bits per heavy atom. The van der Waals surface area contributed by atoms with Crippen LogP contribution in [0.2, 0.25) is 0 Å². The summed E-state index contributed by atoms with van der Waals surface area (Å²) in [7, 11) is 1.92. The third kappa shape index (κ3) is 3.71. The second kappa shape index (κ2) is 7.40. The first-order valence-electron chi connectivity index (χ1n) is 8.09. The van der Waals surface area contributed by atoms with Crippen molar-refractivity contribution in [2.24, 2.45) is 5.92 Å². The molecule has 2 N–H and O–H groups in total. The molecule has 1 atom stereocenters. The van der Waals surface area contributed by atoms with Crippen molar-refractivity contribution in [1.82, 2.24) is 15.2 Å². The summed E-state index contributed by atoms with van der Waals surface area (Å²) in [6.07, 6.45) is 2.62. The first-order valence-corrected chi connectivity index (χ1v) is 8.09. The van der Waals surface area contributed by atoms with E-state index in [2.05, 4.69) is 15.6 Å². The summed E-state index contributed by atoms with van der Waals surface area (Å²) in [5, 5.41) is 6.20. The van der Waals surface area contributed by atoms with Crippen molar-refractivity contribution >= 4 is 17.4 Å². The fourth-order valence-corrected chi connectivity index (χ4v) is 3.02. The average Bonchev–Trinajstić information content (AvgIpc) is 3.04. The molecule has 1 amide bonds. The molecule has 1 aromatic carbocycles. The molecule has 1 aromatic heterocycles. The lowest BCUT2D eigenvalue weighted by Crippen LogP contribution is -2.31. The standard InChI is InChI=1S/C18H21FN4O/c1-20-11-13-7-9-23(12-13)18(24)16-6-3-8-21-17(16)22-15-5-2-4-14(19)10-15/h2-6,8,10,13,20H,7,9,11-12H2,1H3,(H,21,22)/t13-/m1/s1. The van der Waals surface area contributed by atoms with Crippen LogP contribution in [0.5, 0.6) is 0 Å². The van der Waals surface area contributed by atoms with E-state index in [1.54, 1.807) is 30.5 Å². The van der Waals surface area contributed by atoms with Crippen molar-refractivity contribution in [3.05, 3.63) is 54.0 Å². The lowest BCUT2D eigenvalue weighted by Gasteiger charge is -2.18. The zero-order valence-corrected chi connectivity index (χ0v) is 13.6. The van der Waals surface area contributed by atoms with Gasteiger partial charge in [-0.2, -0.15) is 0 Å². The van der Waals surface area contributed by atoms with Gasteiger partial charge in [0, 0.05) is 25.0 Å². The van der Waals surface area contributed by atoms with Gasteiger partial charge in [0.25, 0.3) is 5.91 Å². The van der Waals surface area contributed by atoms with E-state index in [4.69, 9.17) is 0 Å². The number of carbonyl (C=O) groups excluding carboxylic acids is 1. The SMILES string of the molecule is CNC[C@H]1CCN(C(=O)c2cccnc2Nc2cccc(F)c2)C1. The van der Waals surface area contributed by atoms with E-state index < -0.39 is 0 Å². The normalized spacial score (nSPS) is 17.1. The number of benzene rings is 1. The highest BCUT2D eigenvalue weighted by molar-refractivity contribution is 5.99. The van der Waals surface area contributed by atoms with Gasteiger partial charge in [0.1, 0.15) is 11.6 Å². The predicted octanol–water partition coefficient (Wildman–Crippen LogP) is 2.65. The van der Waals surface area contributed by atoms with Crippen LogP contribution in [0.25, 0.3) is 0 Å². The van der Waals surface area contributed by atoms with Gasteiger partial charge >= 0.3 is 0 Å². The smallest absolute Gasteiger partial charge is 0.257 e. The zero-order chi connectivity index (χ0) is 16.9. The molecule has 126 valence electrons. The van der Waals surface area contributed by atoms with Gasteiger partial charge < -0.3 is 15.5 Å². The summed E-state index contributed by atoms with van der Waals surface area (Å²) >= 11 is 0. The summed E-state index contributed by atoms with van der Waals surface area (Å²) in [4.78, 5) is 18.9. The number of hydrogen-bond donors (Lipinski definition) is 2. The highest BCUT2D eigenvalue weighted by atomic mass is 19.1. The van der Waals surface area contributed by atoms with Gasteiger partial charge in [-0.25, -0.2) is 9.37 Å². The molecule has 0 unspecified atom stereocenters. The Balaban J connectivity index is 1.78. The molecule has 0 saturated carbocycles. The Morgan fingerprint density at radius 3 is 3.04 bits per heavy atom. The first-order chi connectivity index (χ1) is 11.7. The number of hydrogen-bond acceptors (Lipinski definition) is 4. The second-order valence-electron chi connectivity index (χ2n) is 6.00. The van der Waals surface area contributed by atoms with E-state index in [9.17, 15) is 9.18 Å². The fraction of sp³-hybridized carbons (Fsp3) is 0.333. The number of nitrogens with one attached hydrogen (secondary N) is 2. The van der Waals surface area contributed by atoms with Crippen molar-refractivity contribution in [2.75, 3.05) is 32.0 Å². The van der Waals surface area contributed by atoms with Gasteiger partial charge in [0.2, 0.25) is 0 Å². The third-order valence-corrected chi connectivity index (χ3v) is 4.19.